The molecule has 0 aromatic carbocycles. The lowest BCUT2D eigenvalue weighted by Crippen LogP contribution is -2.45. The number of aliphatic hydroxyl groups excluding tert-OH is 1. The first-order chi connectivity index (χ1) is 43.0. The van der Waals surface area contributed by atoms with Gasteiger partial charge in [0.25, 0.3) is 0 Å². The van der Waals surface area contributed by atoms with Gasteiger partial charge in [-0.05, 0) is 70.6 Å². The highest BCUT2D eigenvalue weighted by Crippen LogP contribution is 2.43. The molecule has 9 heteroatoms. The van der Waals surface area contributed by atoms with E-state index in [1.165, 1.54) is 289 Å². The summed E-state index contributed by atoms with van der Waals surface area (Å²) in [6.07, 6.45) is 98.1. The molecule has 0 fully saturated rings. The van der Waals surface area contributed by atoms with Gasteiger partial charge in [0.2, 0.25) is 5.91 Å². The molecule has 0 aromatic heterocycles. The summed E-state index contributed by atoms with van der Waals surface area (Å²) in [5.41, 5.74) is 0. The van der Waals surface area contributed by atoms with E-state index in [0.29, 0.717) is 17.4 Å². The normalized spacial score (nSPS) is 13.9. The van der Waals surface area contributed by atoms with Crippen molar-refractivity contribution in [1.29, 1.82) is 0 Å². The minimum atomic E-state index is -4.36. The molecule has 0 aliphatic heterocycles. The second kappa shape index (κ2) is 69.3. The van der Waals surface area contributed by atoms with E-state index in [0.717, 1.165) is 64.2 Å². The lowest BCUT2D eigenvalue weighted by atomic mass is 10.0. The maximum absolute atomic E-state index is 13.1. The predicted octanol–water partition coefficient (Wildman–Crippen LogP) is 24.9. The zero-order valence-electron chi connectivity index (χ0n) is 59.2. The van der Waals surface area contributed by atoms with Crippen molar-refractivity contribution in [1.82, 2.24) is 5.32 Å². The number of aliphatic hydroxyl groups is 1. The Morgan fingerprint density at radius 3 is 1.05 bits per heavy atom. The Hall–Kier alpha value is -2.06. The lowest BCUT2D eigenvalue weighted by molar-refractivity contribution is -0.870. The third-order valence-corrected chi connectivity index (χ3v) is 18.4. The van der Waals surface area contributed by atoms with E-state index < -0.39 is 20.0 Å². The number of phosphoric ester groups is 1. The summed E-state index contributed by atoms with van der Waals surface area (Å²) in [6, 6.07) is -0.865. The summed E-state index contributed by atoms with van der Waals surface area (Å²) < 4.78 is 23.8. The molecule has 0 radical (unpaired) electrons. The van der Waals surface area contributed by atoms with E-state index in [9.17, 15) is 19.4 Å². The van der Waals surface area contributed by atoms with Crippen molar-refractivity contribution in [3.05, 3.63) is 72.9 Å². The van der Waals surface area contributed by atoms with Crippen molar-refractivity contribution >= 4 is 13.7 Å². The van der Waals surface area contributed by atoms with E-state index in [1.807, 2.05) is 27.2 Å². The van der Waals surface area contributed by atoms with E-state index in [4.69, 9.17) is 9.05 Å². The molecule has 0 rings (SSSR count). The standard InChI is InChI=1S/C79H149N2O6P/c1-6-8-10-12-14-16-18-20-22-24-26-28-30-32-33-34-35-36-37-38-39-40-41-42-43-44-45-46-47-49-51-53-55-57-59-61-63-65-67-69-71-73-79(83)80-77(76-87-88(84,85)86-75-74-81(3,4)5)78(82)72-70-68-66-64-62-60-58-56-54-52-50-48-31-29-27-25-23-21-19-17-15-13-11-9-7-2/h8,10,14,16,20,22,26,28,62,64,70,72,77-78,82H,6-7,9,11-13,15,17-19,21,23-25,27,29-61,63,65-69,71,73-76H2,1-5H3,(H-,80,83,84,85)/p+1/b10-8-,16-14-,22-20-,28-26-,64-62+,72-70+. The lowest BCUT2D eigenvalue weighted by Gasteiger charge is -2.25. The Labute approximate surface area is 548 Å². The number of nitrogens with zero attached hydrogens (tertiary/aromatic N) is 1. The van der Waals surface area contributed by atoms with E-state index in [2.05, 4.69) is 79.9 Å². The number of allylic oxidation sites excluding steroid dienone is 11. The molecular formula is C79H150N2O6P+. The van der Waals surface area contributed by atoms with E-state index >= 15 is 0 Å². The van der Waals surface area contributed by atoms with Crippen LogP contribution in [0.4, 0.5) is 0 Å². The molecule has 0 bridgehead atoms. The molecule has 0 aromatic rings. The number of phosphoric acid groups is 1. The zero-order chi connectivity index (χ0) is 64.1. The van der Waals surface area contributed by atoms with Gasteiger partial charge < -0.3 is 19.8 Å². The number of likely N-dealkylation sites (N-methyl/N-ethyl adjacent to an activating group) is 1. The van der Waals surface area contributed by atoms with Crippen LogP contribution in [-0.2, 0) is 18.4 Å². The SMILES string of the molecule is CC/C=C\C/C=C\C/C=C\C/C=C\CCCCCCCCCCCCCCCCCCCCCCCCCCCCCCC(=O)NC(COP(=O)(O)OCC[N+](C)(C)C)C(O)/C=C/CC/C=C/CCCCCCCCCCCCCCCCCCCCC. The van der Waals surface area contributed by atoms with Gasteiger partial charge in [-0.25, -0.2) is 4.57 Å². The number of rotatable bonds is 71. The maximum atomic E-state index is 13.1. The minimum absolute atomic E-state index is 0.0571. The van der Waals surface area contributed by atoms with Gasteiger partial charge >= 0.3 is 7.82 Å². The van der Waals surface area contributed by atoms with Crippen molar-refractivity contribution in [2.75, 3.05) is 40.9 Å². The summed E-state index contributed by atoms with van der Waals surface area (Å²) in [5, 5.41) is 14.0. The quantitative estimate of drug-likeness (QED) is 0.0243. The molecule has 0 heterocycles. The summed E-state index contributed by atoms with van der Waals surface area (Å²) in [7, 11) is 1.57. The molecule has 8 nitrogen and oxygen atoms in total. The summed E-state index contributed by atoms with van der Waals surface area (Å²) in [6.45, 7) is 4.73. The van der Waals surface area contributed by atoms with E-state index in [1.54, 1.807) is 6.08 Å². The molecule has 1 amide bonds. The summed E-state index contributed by atoms with van der Waals surface area (Å²) in [4.78, 5) is 23.5. The third-order valence-electron chi connectivity index (χ3n) is 17.4. The Morgan fingerprint density at radius 2 is 0.693 bits per heavy atom. The van der Waals surface area contributed by atoms with Crippen LogP contribution in [0.3, 0.4) is 0 Å². The van der Waals surface area contributed by atoms with Crippen molar-refractivity contribution in [3.63, 3.8) is 0 Å². The van der Waals surface area contributed by atoms with Gasteiger partial charge in [-0.3, -0.25) is 13.8 Å². The molecule has 0 saturated heterocycles. The van der Waals surface area contributed by atoms with Crippen molar-refractivity contribution in [3.8, 4) is 0 Å². The minimum Gasteiger partial charge on any atom is -0.387 e. The molecule has 0 spiro atoms. The van der Waals surface area contributed by atoms with Crippen LogP contribution in [0.1, 0.15) is 373 Å². The fourth-order valence-electron chi connectivity index (χ4n) is 11.5. The summed E-state index contributed by atoms with van der Waals surface area (Å²) >= 11 is 0. The van der Waals surface area contributed by atoms with Gasteiger partial charge in [0.15, 0.2) is 0 Å². The number of hydrogen-bond acceptors (Lipinski definition) is 5. The zero-order valence-corrected chi connectivity index (χ0v) is 60.1. The van der Waals surface area contributed by atoms with Crippen LogP contribution in [0, 0.1) is 0 Å². The number of amides is 1. The van der Waals surface area contributed by atoms with Gasteiger partial charge in [0, 0.05) is 6.42 Å². The molecule has 0 aliphatic rings. The average Bonchev–Trinajstić information content (AvgIpc) is 3.71. The second-order valence-electron chi connectivity index (χ2n) is 27.3. The molecule has 3 atom stereocenters. The van der Waals surface area contributed by atoms with Gasteiger partial charge in [-0.2, -0.15) is 0 Å². The van der Waals surface area contributed by atoms with Crippen LogP contribution in [0.15, 0.2) is 72.9 Å². The number of hydrogen-bond donors (Lipinski definition) is 3. The first kappa shape index (κ1) is 85.9. The number of quaternary nitrogens is 1. The number of unbranched alkanes of at least 4 members (excludes halogenated alkanes) is 48. The van der Waals surface area contributed by atoms with Crippen molar-refractivity contribution in [2.45, 2.75) is 386 Å². The van der Waals surface area contributed by atoms with E-state index in [-0.39, 0.29) is 19.1 Å². The smallest absolute Gasteiger partial charge is 0.387 e. The highest BCUT2D eigenvalue weighted by molar-refractivity contribution is 7.47. The third kappa shape index (κ3) is 71.4. The van der Waals surface area contributed by atoms with Gasteiger partial charge in [0.1, 0.15) is 13.2 Å². The topological polar surface area (TPSA) is 105 Å². The average molecular weight is 1260 g/mol. The van der Waals surface area contributed by atoms with Crippen molar-refractivity contribution < 1.29 is 32.9 Å². The Morgan fingerprint density at radius 1 is 0.398 bits per heavy atom. The van der Waals surface area contributed by atoms with Crippen LogP contribution < -0.4 is 5.32 Å². The Balaban J connectivity index is 3.94. The molecule has 0 aliphatic carbocycles. The number of nitrogens with one attached hydrogen (secondary N) is 1. The maximum Gasteiger partial charge on any atom is 0.472 e. The molecule has 0 saturated carbocycles. The first-order valence-electron chi connectivity index (χ1n) is 38.3. The van der Waals surface area contributed by atoms with Crippen LogP contribution in [-0.4, -0.2) is 73.4 Å². The summed E-state index contributed by atoms with van der Waals surface area (Å²) in [5.74, 6) is -0.180. The molecule has 516 valence electrons. The molecule has 88 heavy (non-hydrogen) atoms. The molecule has 3 N–H and O–H groups in total. The fourth-order valence-corrected chi connectivity index (χ4v) is 12.3. The molecule has 3 unspecified atom stereocenters. The van der Waals surface area contributed by atoms with Gasteiger partial charge in [-0.1, -0.05) is 369 Å². The van der Waals surface area contributed by atoms with Crippen LogP contribution in [0.2, 0.25) is 0 Å². The number of carbonyl (C=O) groups is 1. The highest BCUT2D eigenvalue weighted by atomic mass is 31.2. The second-order valence-corrected chi connectivity index (χ2v) is 28.8. The monoisotopic (exact) mass is 1250 g/mol. The van der Waals surface area contributed by atoms with Crippen molar-refractivity contribution in [2.24, 2.45) is 0 Å². The molecular weight excluding hydrogens is 1100 g/mol. The Bertz CT molecular complexity index is 1670. The van der Waals surface area contributed by atoms with Crippen LogP contribution in [0.5, 0.6) is 0 Å². The predicted molar refractivity (Wildman–Crippen MR) is 387 cm³/mol. The van der Waals surface area contributed by atoms with Gasteiger partial charge in [-0.15, -0.1) is 0 Å². The van der Waals surface area contributed by atoms with Gasteiger partial charge in [0.05, 0.1) is 39.9 Å². The first-order valence-corrected chi connectivity index (χ1v) is 39.8. The fraction of sp³-hybridized carbons (Fsp3) is 0.835. The number of carbonyl (C=O) groups excluding carboxylic acids is 1. The van der Waals surface area contributed by atoms with Crippen LogP contribution in [0.25, 0.3) is 0 Å². The Kier molecular flexibility index (Phi) is 67.7. The largest absolute Gasteiger partial charge is 0.472 e. The highest BCUT2D eigenvalue weighted by Gasteiger charge is 2.28. The van der Waals surface area contributed by atoms with Crippen LogP contribution >= 0.6 is 7.82 Å².